The minimum Gasteiger partial charge on any atom is -0.504 e. The fraction of sp³-hybridized carbons (Fsp3) is 0.333. The van der Waals surface area contributed by atoms with Crippen molar-refractivity contribution in [1.29, 1.82) is 0 Å². The van der Waals surface area contributed by atoms with Crippen LogP contribution in [0.2, 0.25) is 0 Å². The second kappa shape index (κ2) is 3.26. The summed E-state index contributed by atoms with van der Waals surface area (Å²) < 4.78 is 0. The SMILES string of the molecule is Oc1c2c(c3c4c1N=CC=4CCN=3)SCCN2. The highest BCUT2D eigenvalue weighted by Crippen LogP contribution is 2.40. The van der Waals surface area contributed by atoms with E-state index in [2.05, 4.69) is 15.3 Å². The molecule has 4 nitrogen and oxygen atoms in total. The van der Waals surface area contributed by atoms with Gasteiger partial charge in [-0.05, 0) is 12.0 Å². The van der Waals surface area contributed by atoms with Gasteiger partial charge in [-0.2, -0.15) is 0 Å². The number of phenolic OH excluding ortho intramolecular Hbond substituents is 1. The van der Waals surface area contributed by atoms with Crippen molar-refractivity contribution in [1.82, 2.24) is 0 Å². The molecule has 0 amide bonds. The number of aliphatic imine (C=N–C) groups is 1. The molecular weight excluding hydrogens is 234 g/mol. The van der Waals surface area contributed by atoms with Gasteiger partial charge in [-0.15, -0.1) is 11.8 Å². The van der Waals surface area contributed by atoms with Crippen molar-refractivity contribution in [3.63, 3.8) is 0 Å². The Morgan fingerprint density at radius 3 is 3.29 bits per heavy atom. The highest BCUT2D eigenvalue weighted by molar-refractivity contribution is 7.99. The van der Waals surface area contributed by atoms with Gasteiger partial charge in [-0.3, -0.25) is 9.98 Å². The minimum atomic E-state index is 0.286. The van der Waals surface area contributed by atoms with Crippen LogP contribution in [0.1, 0.15) is 6.42 Å². The van der Waals surface area contributed by atoms with E-state index in [-0.39, 0.29) is 5.75 Å². The summed E-state index contributed by atoms with van der Waals surface area (Å²) in [6.45, 7) is 1.70. The van der Waals surface area contributed by atoms with Crippen molar-refractivity contribution in [2.75, 3.05) is 24.2 Å². The molecule has 0 bridgehead atoms. The van der Waals surface area contributed by atoms with Gasteiger partial charge in [0.25, 0.3) is 0 Å². The van der Waals surface area contributed by atoms with Gasteiger partial charge in [0, 0.05) is 30.3 Å². The lowest BCUT2D eigenvalue weighted by atomic mass is 10.1. The molecule has 1 aromatic carbocycles. The van der Waals surface area contributed by atoms with Crippen LogP contribution >= 0.6 is 11.8 Å². The van der Waals surface area contributed by atoms with Gasteiger partial charge in [0.05, 0.1) is 15.9 Å². The van der Waals surface area contributed by atoms with Gasteiger partial charge in [0.1, 0.15) is 5.69 Å². The fourth-order valence-corrected chi connectivity index (χ4v) is 3.61. The first-order chi connectivity index (χ1) is 8.36. The molecular formula is C12H11N3OS. The molecule has 1 aromatic rings. The van der Waals surface area contributed by atoms with Crippen molar-refractivity contribution >= 4 is 34.9 Å². The topological polar surface area (TPSA) is 57.0 Å². The number of fused-ring (bicyclic) bond motifs is 2. The van der Waals surface area contributed by atoms with E-state index in [0.29, 0.717) is 5.69 Å². The summed E-state index contributed by atoms with van der Waals surface area (Å²) in [5.74, 6) is 1.30. The number of nitrogens with one attached hydrogen (secondary N) is 1. The number of nitrogens with zero attached hydrogens (tertiary/aromatic N) is 2. The quantitative estimate of drug-likeness (QED) is 0.665. The lowest BCUT2D eigenvalue weighted by molar-refractivity contribution is 0.476. The van der Waals surface area contributed by atoms with Gasteiger partial charge >= 0.3 is 0 Å². The van der Waals surface area contributed by atoms with Gasteiger partial charge in [-0.1, -0.05) is 0 Å². The third-order valence-electron chi connectivity index (χ3n) is 3.35. The summed E-state index contributed by atoms with van der Waals surface area (Å²) in [6.07, 6.45) is 2.80. The molecule has 3 heterocycles. The number of benzene rings is 1. The smallest absolute Gasteiger partial charge is 0.166 e. The second-order valence-electron chi connectivity index (χ2n) is 4.32. The molecule has 3 aliphatic heterocycles. The minimum absolute atomic E-state index is 0.286. The van der Waals surface area contributed by atoms with Crippen LogP contribution < -0.4 is 15.9 Å². The molecule has 0 unspecified atom stereocenters. The standard InChI is InChI=1S/C12H11N3OS/c16-11-8-7-6(5-15-8)1-2-13-9(7)12-10(11)14-3-4-17-12/h5,14,16H,1-4H2. The summed E-state index contributed by atoms with van der Waals surface area (Å²) in [5, 5.41) is 15.6. The van der Waals surface area contributed by atoms with Gasteiger partial charge in [-0.25, -0.2) is 0 Å². The second-order valence-corrected chi connectivity index (χ2v) is 5.42. The first kappa shape index (κ1) is 9.53. The van der Waals surface area contributed by atoms with Crippen molar-refractivity contribution in [3.05, 3.63) is 10.6 Å². The average molecular weight is 245 g/mol. The van der Waals surface area contributed by atoms with Crippen LogP contribution in [0.5, 0.6) is 5.75 Å². The Morgan fingerprint density at radius 2 is 2.35 bits per heavy atom. The highest BCUT2D eigenvalue weighted by Gasteiger charge is 2.25. The Balaban J connectivity index is 2.23. The molecule has 17 heavy (non-hydrogen) atoms. The van der Waals surface area contributed by atoms with Crippen LogP contribution in [0.25, 0.3) is 5.57 Å². The third-order valence-corrected chi connectivity index (χ3v) is 4.44. The summed E-state index contributed by atoms with van der Waals surface area (Å²) in [7, 11) is 0. The predicted octanol–water partition coefficient (Wildman–Crippen LogP) is 0.800. The van der Waals surface area contributed by atoms with E-state index in [9.17, 15) is 5.11 Å². The van der Waals surface area contributed by atoms with Gasteiger partial charge < -0.3 is 10.4 Å². The Kier molecular flexibility index (Phi) is 1.83. The van der Waals surface area contributed by atoms with E-state index < -0.39 is 0 Å². The maximum Gasteiger partial charge on any atom is 0.166 e. The van der Waals surface area contributed by atoms with E-state index in [4.69, 9.17) is 0 Å². The monoisotopic (exact) mass is 245 g/mol. The van der Waals surface area contributed by atoms with Crippen molar-refractivity contribution in [2.24, 2.45) is 9.98 Å². The molecule has 0 saturated heterocycles. The first-order valence-corrected chi connectivity index (χ1v) is 6.72. The molecule has 0 fully saturated rings. The zero-order valence-corrected chi connectivity index (χ0v) is 9.97. The van der Waals surface area contributed by atoms with Crippen molar-refractivity contribution in [3.8, 4) is 5.75 Å². The number of aromatic hydroxyl groups is 1. The van der Waals surface area contributed by atoms with Crippen LogP contribution in [0.15, 0.2) is 14.9 Å². The van der Waals surface area contributed by atoms with Crippen molar-refractivity contribution < 1.29 is 5.11 Å². The lowest BCUT2D eigenvalue weighted by Crippen LogP contribution is -2.34. The summed E-state index contributed by atoms with van der Waals surface area (Å²) in [5.41, 5.74) is 2.74. The Morgan fingerprint density at radius 1 is 1.41 bits per heavy atom. The molecule has 5 heteroatoms. The third kappa shape index (κ3) is 1.15. The molecule has 0 aromatic heterocycles. The van der Waals surface area contributed by atoms with Crippen LogP contribution in [-0.4, -0.2) is 30.2 Å². The van der Waals surface area contributed by atoms with Gasteiger partial charge in [0.2, 0.25) is 0 Å². The molecule has 0 aliphatic carbocycles. The lowest BCUT2D eigenvalue weighted by Gasteiger charge is -2.20. The number of thioether (sulfide) groups is 1. The number of rotatable bonds is 0. The largest absolute Gasteiger partial charge is 0.504 e. The number of anilines is 1. The Hall–Kier alpha value is -1.49. The number of hydrogen-bond donors (Lipinski definition) is 2. The summed E-state index contributed by atoms with van der Waals surface area (Å²) in [6, 6.07) is 0. The first-order valence-electron chi connectivity index (χ1n) is 5.73. The fourth-order valence-electron chi connectivity index (χ4n) is 2.59. The molecule has 2 N–H and O–H groups in total. The molecule has 86 valence electrons. The summed E-state index contributed by atoms with van der Waals surface area (Å²) >= 11 is 1.77. The Labute approximate surface area is 102 Å². The zero-order chi connectivity index (χ0) is 11.4. The van der Waals surface area contributed by atoms with E-state index in [1.165, 1.54) is 5.57 Å². The molecule has 4 rings (SSSR count). The van der Waals surface area contributed by atoms with E-state index in [1.54, 1.807) is 11.8 Å². The Bertz CT molecular complexity index is 678. The average Bonchev–Trinajstić information content (AvgIpc) is 2.81. The van der Waals surface area contributed by atoms with E-state index in [0.717, 1.165) is 46.4 Å². The number of phenols is 1. The maximum absolute atomic E-state index is 10.3. The van der Waals surface area contributed by atoms with E-state index in [1.807, 2.05) is 6.21 Å². The normalized spacial score (nSPS) is 19.4. The molecule has 0 atom stereocenters. The van der Waals surface area contributed by atoms with Crippen molar-refractivity contribution in [2.45, 2.75) is 11.3 Å². The summed E-state index contributed by atoms with van der Waals surface area (Å²) in [4.78, 5) is 10.1. The number of hydrogen-bond acceptors (Lipinski definition) is 5. The molecule has 0 saturated carbocycles. The van der Waals surface area contributed by atoms with Crippen LogP contribution in [0.4, 0.5) is 11.4 Å². The van der Waals surface area contributed by atoms with Gasteiger partial charge in [0.15, 0.2) is 5.75 Å². The molecule has 3 aliphatic rings. The van der Waals surface area contributed by atoms with Crippen LogP contribution in [0.3, 0.4) is 0 Å². The predicted molar refractivity (Wildman–Crippen MR) is 69.1 cm³/mol. The van der Waals surface area contributed by atoms with Crippen LogP contribution in [0, 0.1) is 0 Å². The molecule has 0 radical (unpaired) electrons. The highest BCUT2D eigenvalue weighted by atomic mass is 32.2. The zero-order valence-electron chi connectivity index (χ0n) is 9.16. The van der Waals surface area contributed by atoms with Crippen LogP contribution in [-0.2, 0) is 0 Å². The molecule has 0 spiro atoms. The van der Waals surface area contributed by atoms with E-state index >= 15 is 0 Å². The maximum atomic E-state index is 10.3.